The zero-order valence-corrected chi connectivity index (χ0v) is 19.5. The molecule has 11 heteroatoms. The Morgan fingerprint density at radius 3 is 2.58 bits per heavy atom. The Kier molecular flexibility index (Phi) is 5.74. The standard InChI is InChI=1S/C22H26F3N3O4S/c1-21(2,3)28-10-4-5-15(20(28)29)12-17-19-8-6-14-11-16(32-33(30,31)22(23,24)25)7-9-18(14)27(19)13-26-17/h7,9,11,13,15H,4-6,8,10,12H2,1-3H3. The molecule has 1 saturated heterocycles. The molecule has 0 spiro atoms. The van der Waals surface area contributed by atoms with Gasteiger partial charge in [-0.1, -0.05) is 0 Å². The van der Waals surface area contributed by atoms with E-state index in [-0.39, 0.29) is 23.1 Å². The Bertz CT molecular complexity index is 1180. The summed E-state index contributed by atoms with van der Waals surface area (Å²) in [6, 6.07) is 4.04. The Hall–Kier alpha value is -2.56. The number of aryl methyl sites for hydroxylation is 1. The van der Waals surface area contributed by atoms with E-state index in [9.17, 15) is 26.4 Å². The quantitative estimate of drug-likeness (QED) is 0.486. The third-order valence-corrected chi connectivity index (χ3v) is 7.16. The molecule has 180 valence electrons. The predicted octanol–water partition coefficient (Wildman–Crippen LogP) is 3.78. The van der Waals surface area contributed by atoms with Crippen LogP contribution in [-0.4, -0.2) is 46.4 Å². The Labute approximate surface area is 190 Å². The molecule has 2 aromatic rings. The molecule has 1 aromatic heterocycles. The first kappa shape index (κ1) is 23.6. The first-order valence-corrected chi connectivity index (χ1v) is 12.2. The highest BCUT2D eigenvalue weighted by molar-refractivity contribution is 7.88. The number of benzene rings is 1. The number of hydrogen-bond donors (Lipinski definition) is 0. The van der Waals surface area contributed by atoms with Crippen LogP contribution in [0.5, 0.6) is 5.75 Å². The van der Waals surface area contributed by atoms with E-state index in [0.29, 0.717) is 30.5 Å². The number of hydrogen-bond acceptors (Lipinski definition) is 5. The maximum atomic E-state index is 13.0. The number of amides is 1. The fraction of sp³-hybridized carbons (Fsp3) is 0.545. The minimum Gasteiger partial charge on any atom is -0.376 e. The molecular weight excluding hydrogens is 459 g/mol. The topological polar surface area (TPSA) is 81.5 Å². The number of likely N-dealkylation sites (tertiary alicyclic amines) is 1. The summed E-state index contributed by atoms with van der Waals surface area (Å²) in [4.78, 5) is 19.5. The van der Waals surface area contributed by atoms with Crippen molar-refractivity contribution in [2.75, 3.05) is 6.54 Å². The van der Waals surface area contributed by atoms with Gasteiger partial charge in [-0.05, 0) is 70.2 Å². The largest absolute Gasteiger partial charge is 0.534 e. The Morgan fingerprint density at radius 2 is 1.91 bits per heavy atom. The molecule has 1 atom stereocenters. The molecule has 2 aliphatic heterocycles. The van der Waals surface area contributed by atoms with E-state index in [1.54, 1.807) is 6.33 Å². The number of carbonyl (C=O) groups excluding carboxylic acids is 1. The smallest absolute Gasteiger partial charge is 0.376 e. The van der Waals surface area contributed by atoms with Crippen molar-refractivity contribution in [3.63, 3.8) is 0 Å². The summed E-state index contributed by atoms with van der Waals surface area (Å²) < 4.78 is 66.6. The lowest BCUT2D eigenvalue weighted by molar-refractivity contribution is -0.143. The second kappa shape index (κ2) is 8.03. The van der Waals surface area contributed by atoms with Crippen molar-refractivity contribution in [3.8, 4) is 11.4 Å². The molecule has 1 unspecified atom stereocenters. The van der Waals surface area contributed by atoms with Crippen molar-refractivity contribution in [2.45, 2.75) is 63.9 Å². The van der Waals surface area contributed by atoms with Gasteiger partial charge in [0.2, 0.25) is 5.91 Å². The van der Waals surface area contributed by atoms with E-state index >= 15 is 0 Å². The molecule has 2 aliphatic rings. The summed E-state index contributed by atoms with van der Waals surface area (Å²) in [5.74, 6) is -0.383. The predicted molar refractivity (Wildman–Crippen MR) is 114 cm³/mol. The summed E-state index contributed by atoms with van der Waals surface area (Å²) >= 11 is 0. The third-order valence-electron chi connectivity index (χ3n) is 6.18. The summed E-state index contributed by atoms with van der Waals surface area (Å²) in [7, 11) is -5.73. The molecule has 1 fully saturated rings. The van der Waals surface area contributed by atoms with E-state index in [4.69, 9.17) is 0 Å². The molecule has 1 aromatic carbocycles. The summed E-state index contributed by atoms with van der Waals surface area (Å²) in [6.07, 6.45) is 4.99. The molecule has 0 radical (unpaired) electrons. The van der Waals surface area contributed by atoms with Crippen LogP contribution >= 0.6 is 0 Å². The van der Waals surface area contributed by atoms with Crippen molar-refractivity contribution >= 4 is 16.0 Å². The van der Waals surface area contributed by atoms with Crippen LogP contribution in [0, 0.1) is 5.92 Å². The lowest BCUT2D eigenvalue weighted by Gasteiger charge is -2.41. The maximum Gasteiger partial charge on any atom is 0.534 e. The molecule has 3 heterocycles. The molecule has 1 amide bonds. The van der Waals surface area contributed by atoms with E-state index in [1.807, 2.05) is 30.2 Å². The van der Waals surface area contributed by atoms with Crippen molar-refractivity contribution in [1.82, 2.24) is 14.5 Å². The molecule has 0 bridgehead atoms. The van der Waals surface area contributed by atoms with Gasteiger partial charge in [-0.25, -0.2) is 4.98 Å². The second-order valence-electron chi connectivity index (χ2n) is 9.49. The van der Waals surface area contributed by atoms with Crippen molar-refractivity contribution in [3.05, 3.63) is 41.5 Å². The number of halogens is 3. The normalized spacial score (nSPS) is 19.3. The van der Waals surface area contributed by atoms with Gasteiger partial charge in [0.05, 0.1) is 17.7 Å². The van der Waals surface area contributed by atoms with Crippen molar-refractivity contribution in [2.24, 2.45) is 5.92 Å². The van der Waals surface area contributed by atoms with E-state index in [1.165, 1.54) is 18.2 Å². The monoisotopic (exact) mass is 485 g/mol. The summed E-state index contributed by atoms with van der Waals surface area (Å²) in [5, 5.41) is 0. The van der Waals surface area contributed by atoms with Crippen LogP contribution in [0.4, 0.5) is 13.2 Å². The minimum atomic E-state index is -5.73. The molecule has 0 saturated carbocycles. The van der Waals surface area contributed by atoms with Crippen LogP contribution in [0.3, 0.4) is 0 Å². The first-order chi connectivity index (χ1) is 15.3. The van der Waals surface area contributed by atoms with Crippen molar-refractivity contribution in [1.29, 1.82) is 0 Å². The highest BCUT2D eigenvalue weighted by atomic mass is 32.2. The molecule has 0 aliphatic carbocycles. The van der Waals surface area contributed by atoms with Gasteiger partial charge in [0.15, 0.2) is 0 Å². The van der Waals surface area contributed by atoms with Crippen LogP contribution < -0.4 is 4.18 Å². The first-order valence-electron chi connectivity index (χ1n) is 10.8. The number of rotatable bonds is 4. The highest BCUT2D eigenvalue weighted by Gasteiger charge is 2.48. The van der Waals surface area contributed by atoms with Gasteiger partial charge < -0.3 is 13.7 Å². The summed E-state index contributed by atoms with van der Waals surface area (Å²) in [6.45, 7) is 6.84. The van der Waals surface area contributed by atoms with Crippen LogP contribution in [-0.2, 0) is 34.2 Å². The van der Waals surface area contributed by atoms with Gasteiger partial charge in [-0.2, -0.15) is 21.6 Å². The van der Waals surface area contributed by atoms with Crippen LogP contribution in [0.25, 0.3) is 5.69 Å². The number of fused-ring (bicyclic) bond motifs is 3. The third kappa shape index (κ3) is 4.47. The number of nitrogens with zero attached hydrogens (tertiary/aromatic N) is 3. The number of aromatic nitrogens is 2. The molecule has 0 N–H and O–H groups in total. The summed E-state index contributed by atoms with van der Waals surface area (Å²) in [5.41, 5.74) is -2.56. The zero-order chi connectivity index (χ0) is 24.2. The van der Waals surface area contributed by atoms with Crippen LogP contribution in [0.1, 0.15) is 50.6 Å². The highest BCUT2D eigenvalue weighted by Crippen LogP contribution is 2.34. The number of imidazole rings is 1. The number of carbonyl (C=O) groups is 1. The average molecular weight is 486 g/mol. The van der Waals surface area contributed by atoms with Crippen LogP contribution in [0.15, 0.2) is 24.5 Å². The maximum absolute atomic E-state index is 13.0. The van der Waals surface area contributed by atoms with Gasteiger partial charge in [-0.3, -0.25) is 4.79 Å². The van der Waals surface area contributed by atoms with Crippen LogP contribution in [0.2, 0.25) is 0 Å². The molecular formula is C22H26F3N3O4S. The molecule has 33 heavy (non-hydrogen) atoms. The average Bonchev–Trinajstić information content (AvgIpc) is 3.10. The molecule has 7 nitrogen and oxygen atoms in total. The second-order valence-corrected chi connectivity index (χ2v) is 11.0. The Balaban J connectivity index is 1.56. The van der Waals surface area contributed by atoms with Gasteiger partial charge in [0.1, 0.15) is 5.75 Å². The van der Waals surface area contributed by atoms with Gasteiger partial charge in [0.25, 0.3) is 0 Å². The van der Waals surface area contributed by atoms with E-state index in [2.05, 4.69) is 9.17 Å². The van der Waals surface area contributed by atoms with E-state index < -0.39 is 15.6 Å². The SMILES string of the molecule is CC(C)(C)N1CCCC(Cc2ncn3c2CCc2cc(OS(=O)(=O)C(F)(F)F)ccc2-3)C1=O. The lowest BCUT2D eigenvalue weighted by atomic mass is 9.88. The zero-order valence-electron chi connectivity index (χ0n) is 18.6. The van der Waals surface area contributed by atoms with E-state index in [0.717, 1.165) is 30.8 Å². The Morgan fingerprint density at radius 1 is 1.18 bits per heavy atom. The van der Waals surface area contributed by atoms with Crippen molar-refractivity contribution < 1.29 is 30.6 Å². The number of alkyl halides is 3. The van der Waals surface area contributed by atoms with Gasteiger partial charge in [0, 0.05) is 30.1 Å². The molecule has 4 rings (SSSR count). The van der Waals surface area contributed by atoms with Gasteiger partial charge >= 0.3 is 15.6 Å². The lowest BCUT2D eigenvalue weighted by Crippen LogP contribution is -2.51. The number of piperidine rings is 1. The fourth-order valence-corrected chi connectivity index (χ4v) is 5.02. The van der Waals surface area contributed by atoms with Gasteiger partial charge in [-0.15, -0.1) is 0 Å². The fourth-order valence-electron chi connectivity index (χ4n) is 4.57. The minimum absolute atomic E-state index is 0.137.